The summed E-state index contributed by atoms with van der Waals surface area (Å²) in [5, 5.41) is 3.25. The fourth-order valence-corrected chi connectivity index (χ4v) is 1.16. The molecule has 0 aromatic heterocycles. The number of nitrogens with one attached hydrogen (secondary N) is 1. The van der Waals surface area contributed by atoms with Gasteiger partial charge < -0.3 is 10.1 Å². The smallest absolute Gasteiger partial charge is 0.311 e. The summed E-state index contributed by atoms with van der Waals surface area (Å²) in [5.74, 6) is -0.0953. The van der Waals surface area contributed by atoms with Gasteiger partial charge in [-0.2, -0.15) is 0 Å². The maximum Gasteiger partial charge on any atom is 0.311 e. The van der Waals surface area contributed by atoms with Crippen molar-refractivity contribution in [1.29, 1.82) is 0 Å². The van der Waals surface area contributed by atoms with Gasteiger partial charge in [0.1, 0.15) is 0 Å². The molecule has 3 heteroatoms. The van der Waals surface area contributed by atoms with E-state index in [0.29, 0.717) is 6.61 Å². The van der Waals surface area contributed by atoms with E-state index in [1.54, 1.807) is 0 Å². The fourth-order valence-electron chi connectivity index (χ4n) is 1.16. The van der Waals surface area contributed by atoms with Crippen molar-refractivity contribution in [2.75, 3.05) is 13.2 Å². The number of rotatable bonds is 5. The molecular formula is C11H21NO2. The van der Waals surface area contributed by atoms with Crippen LogP contribution < -0.4 is 5.32 Å². The van der Waals surface area contributed by atoms with Gasteiger partial charge in [0.15, 0.2) is 0 Å². The van der Waals surface area contributed by atoms with Gasteiger partial charge in [0, 0.05) is 12.6 Å². The van der Waals surface area contributed by atoms with E-state index in [0.717, 1.165) is 18.9 Å². The number of unbranched alkanes of at least 4 members (excludes halogenated alkanes) is 1. The molecule has 0 spiro atoms. The van der Waals surface area contributed by atoms with Crippen LogP contribution in [0.4, 0.5) is 0 Å². The molecule has 14 heavy (non-hydrogen) atoms. The standard InChI is InChI=1S/C11H21NO2/c1-11(2,3)10(13)14-7-5-4-6-9-8-12-9/h9,12H,4-8H2,1-3H3. The third kappa shape index (κ3) is 4.61. The monoisotopic (exact) mass is 199 g/mol. The van der Waals surface area contributed by atoms with Crippen LogP contribution >= 0.6 is 0 Å². The summed E-state index contributed by atoms with van der Waals surface area (Å²) in [6, 6.07) is 0.744. The Morgan fingerprint density at radius 1 is 1.43 bits per heavy atom. The Hall–Kier alpha value is -0.570. The predicted molar refractivity (Wildman–Crippen MR) is 56.1 cm³/mol. The molecule has 0 aliphatic carbocycles. The highest BCUT2D eigenvalue weighted by Gasteiger charge is 2.23. The molecule has 1 fully saturated rings. The van der Waals surface area contributed by atoms with E-state index < -0.39 is 0 Å². The number of ether oxygens (including phenoxy) is 1. The Balaban J connectivity index is 1.94. The Morgan fingerprint density at radius 3 is 2.57 bits per heavy atom. The Kier molecular flexibility index (Phi) is 3.93. The average Bonchev–Trinajstić information content (AvgIpc) is 2.85. The minimum atomic E-state index is -0.363. The average molecular weight is 199 g/mol. The molecule has 1 unspecified atom stereocenters. The first-order valence-corrected chi connectivity index (χ1v) is 5.41. The van der Waals surface area contributed by atoms with E-state index in [2.05, 4.69) is 5.32 Å². The van der Waals surface area contributed by atoms with Crippen molar-refractivity contribution in [2.24, 2.45) is 5.41 Å². The molecule has 0 amide bonds. The Bertz CT molecular complexity index is 192. The lowest BCUT2D eigenvalue weighted by Crippen LogP contribution is -2.23. The highest BCUT2D eigenvalue weighted by atomic mass is 16.5. The first kappa shape index (κ1) is 11.5. The maximum atomic E-state index is 11.3. The van der Waals surface area contributed by atoms with Gasteiger partial charge in [0.2, 0.25) is 0 Å². The van der Waals surface area contributed by atoms with Crippen molar-refractivity contribution >= 4 is 5.97 Å². The maximum absolute atomic E-state index is 11.3. The lowest BCUT2D eigenvalue weighted by Gasteiger charge is -2.16. The van der Waals surface area contributed by atoms with Crippen LogP contribution in [0.25, 0.3) is 0 Å². The van der Waals surface area contributed by atoms with Gasteiger partial charge in [-0.15, -0.1) is 0 Å². The summed E-state index contributed by atoms with van der Waals surface area (Å²) in [7, 11) is 0. The van der Waals surface area contributed by atoms with Crippen LogP contribution in [-0.4, -0.2) is 25.2 Å². The molecule has 82 valence electrons. The molecule has 1 N–H and O–H groups in total. The van der Waals surface area contributed by atoms with Crippen LogP contribution in [0.3, 0.4) is 0 Å². The normalized spacial score (nSPS) is 20.6. The van der Waals surface area contributed by atoms with Crippen molar-refractivity contribution in [1.82, 2.24) is 5.32 Å². The van der Waals surface area contributed by atoms with E-state index in [-0.39, 0.29) is 11.4 Å². The molecular weight excluding hydrogens is 178 g/mol. The number of esters is 1. The van der Waals surface area contributed by atoms with E-state index >= 15 is 0 Å². The quantitative estimate of drug-likeness (QED) is 0.416. The van der Waals surface area contributed by atoms with Gasteiger partial charge in [-0.1, -0.05) is 0 Å². The third-order valence-electron chi connectivity index (χ3n) is 2.29. The second-order valence-electron chi connectivity index (χ2n) is 4.99. The van der Waals surface area contributed by atoms with Gasteiger partial charge in [0.25, 0.3) is 0 Å². The third-order valence-corrected chi connectivity index (χ3v) is 2.29. The number of carbonyl (C=O) groups excluding carboxylic acids is 1. The predicted octanol–water partition coefficient (Wildman–Crippen LogP) is 1.72. The molecule has 0 saturated carbocycles. The first-order chi connectivity index (χ1) is 6.50. The lowest BCUT2D eigenvalue weighted by molar-refractivity contribution is -0.153. The number of carbonyl (C=O) groups is 1. The SMILES string of the molecule is CC(C)(C)C(=O)OCCCCC1CN1. The topological polar surface area (TPSA) is 48.2 Å². The summed E-state index contributed by atoms with van der Waals surface area (Å²) in [6.45, 7) is 7.38. The molecule has 0 aromatic carbocycles. The molecule has 1 aliphatic heterocycles. The van der Waals surface area contributed by atoms with Crippen LogP contribution in [0.1, 0.15) is 40.0 Å². The van der Waals surface area contributed by atoms with Gasteiger partial charge in [-0.25, -0.2) is 0 Å². The van der Waals surface area contributed by atoms with Crippen LogP contribution in [0.2, 0.25) is 0 Å². The van der Waals surface area contributed by atoms with Crippen molar-refractivity contribution in [3.05, 3.63) is 0 Å². The van der Waals surface area contributed by atoms with Crippen LogP contribution in [0, 0.1) is 5.41 Å². The minimum Gasteiger partial charge on any atom is -0.465 e. The molecule has 1 rings (SSSR count). The number of hydrogen-bond donors (Lipinski definition) is 1. The van der Waals surface area contributed by atoms with E-state index in [1.807, 2.05) is 20.8 Å². The van der Waals surface area contributed by atoms with E-state index in [1.165, 1.54) is 13.0 Å². The molecule has 1 atom stereocenters. The second-order valence-corrected chi connectivity index (χ2v) is 4.99. The Labute approximate surface area is 86.2 Å². The van der Waals surface area contributed by atoms with Gasteiger partial charge in [-0.3, -0.25) is 4.79 Å². The summed E-state index contributed by atoms with van der Waals surface area (Å²) in [5.41, 5.74) is -0.363. The van der Waals surface area contributed by atoms with Crippen molar-refractivity contribution in [2.45, 2.75) is 46.1 Å². The molecule has 0 bridgehead atoms. The highest BCUT2D eigenvalue weighted by molar-refractivity contribution is 5.75. The summed E-state index contributed by atoms with van der Waals surface area (Å²) in [6.07, 6.45) is 3.35. The van der Waals surface area contributed by atoms with Gasteiger partial charge in [0.05, 0.1) is 12.0 Å². The molecule has 1 saturated heterocycles. The summed E-state index contributed by atoms with van der Waals surface area (Å²) >= 11 is 0. The summed E-state index contributed by atoms with van der Waals surface area (Å²) < 4.78 is 5.15. The second kappa shape index (κ2) is 4.78. The first-order valence-electron chi connectivity index (χ1n) is 5.41. The molecule has 0 radical (unpaired) electrons. The van der Waals surface area contributed by atoms with E-state index in [4.69, 9.17) is 4.74 Å². The zero-order valence-electron chi connectivity index (χ0n) is 9.43. The van der Waals surface area contributed by atoms with Crippen molar-refractivity contribution in [3.63, 3.8) is 0 Å². The zero-order chi connectivity index (χ0) is 10.6. The number of hydrogen-bond acceptors (Lipinski definition) is 3. The molecule has 1 heterocycles. The van der Waals surface area contributed by atoms with E-state index in [9.17, 15) is 4.79 Å². The minimum absolute atomic E-state index is 0.0953. The molecule has 0 aromatic rings. The van der Waals surface area contributed by atoms with Gasteiger partial charge >= 0.3 is 5.97 Å². The van der Waals surface area contributed by atoms with Crippen LogP contribution in [0.5, 0.6) is 0 Å². The largest absolute Gasteiger partial charge is 0.465 e. The zero-order valence-corrected chi connectivity index (χ0v) is 9.43. The molecule has 1 aliphatic rings. The van der Waals surface area contributed by atoms with Crippen LogP contribution in [-0.2, 0) is 9.53 Å². The van der Waals surface area contributed by atoms with Crippen LogP contribution in [0.15, 0.2) is 0 Å². The Morgan fingerprint density at radius 2 is 2.07 bits per heavy atom. The highest BCUT2D eigenvalue weighted by Crippen LogP contribution is 2.15. The van der Waals surface area contributed by atoms with Gasteiger partial charge in [-0.05, 0) is 40.0 Å². The molecule has 3 nitrogen and oxygen atoms in total. The van der Waals surface area contributed by atoms with Crippen molar-refractivity contribution < 1.29 is 9.53 Å². The summed E-state index contributed by atoms with van der Waals surface area (Å²) in [4.78, 5) is 11.3. The lowest BCUT2D eigenvalue weighted by atomic mass is 9.97. The van der Waals surface area contributed by atoms with Crippen molar-refractivity contribution in [3.8, 4) is 0 Å². The fraction of sp³-hybridized carbons (Fsp3) is 0.909.